The van der Waals surface area contributed by atoms with Crippen molar-refractivity contribution in [2.24, 2.45) is 28.1 Å². The zero-order valence-electron chi connectivity index (χ0n) is 22.1. The molecule has 1 saturated heterocycles. The molecule has 38 heavy (non-hydrogen) atoms. The third-order valence-electron chi connectivity index (χ3n) is 6.86. The van der Waals surface area contributed by atoms with E-state index in [1.165, 1.54) is 4.90 Å². The Morgan fingerprint density at radius 2 is 1.82 bits per heavy atom. The number of amides is 3. The summed E-state index contributed by atoms with van der Waals surface area (Å²) in [7, 11) is 0. The van der Waals surface area contributed by atoms with Crippen LogP contribution in [0, 0.1) is 5.92 Å². The van der Waals surface area contributed by atoms with E-state index in [1.54, 1.807) is 0 Å². The molecule has 12 nitrogen and oxygen atoms in total. The van der Waals surface area contributed by atoms with Gasteiger partial charge in [-0.3, -0.25) is 19.4 Å². The van der Waals surface area contributed by atoms with Crippen LogP contribution in [0.4, 0.5) is 0 Å². The Morgan fingerprint density at radius 3 is 2.42 bits per heavy atom. The van der Waals surface area contributed by atoms with Crippen molar-refractivity contribution in [2.75, 3.05) is 13.1 Å². The van der Waals surface area contributed by atoms with Gasteiger partial charge in [0.2, 0.25) is 17.7 Å². The lowest BCUT2D eigenvalue weighted by Gasteiger charge is -2.30. The molecular weight excluding hydrogens is 490 g/mol. The van der Waals surface area contributed by atoms with Crippen LogP contribution in [-0.2, 0) is 25.6 Å². The Hall–Kier alpha value is -3.67. The predicted octanol–water partition coefficient (Wildman–Crippen LogP) is -0.299. The van der Waals surface area contributed by atoms with E-state index >= 15 is 0 Å². The summed E-state index contributed by atoms with van der Waals surface area (Å²) in [5, 5.41) is 14.9. The van der Waals surface area contributed by atoms with Crippen LogP contribution < -0.4 is 27.8 Å². The van der Waals surface area contributed by atoms with Crippen LogP contribution in [0.25, 0.3) is 0 Å². The fraction of sp³-hybridized carbons (Fsp3) is 0.577. The van der Waals surface area contributed by atoms with Crippen LogP contribution in [0.3, 0.4) is 0 Å². The van der Waals surface area contributed by atoms with E-state index in [0.29, 0.717) is 32.2 Å². The summed E-state index contributed by atoms with van der Waals surface area (Å²) in [6, 6.07) is 5.55. The highest BCUT2D eigenvalue weighted by Gasteiger charge is 2.39. The number of nitrogens with one attached hydrogen (secondary N) is 2. The molecule has 5 unspecified atom stereocenters. The maximum atomic E-state index is 13.7. The number of guanidine groups is 1. The fourth-order valence-corrected chi connectivity index (χ4v) is 4.36. The molecule has 9 N–H and O–H groups in total. The minimum atomic E-state index is -1.19. The van der Waals surface area contributed by atoms with Crippen molar-refractivity contribution in [3.8, 4) is 0 Å². The molecule has 0 aromatic heterocycles. The van der Waals surface area contributed by atoms with E-state index < -0.39 is 47.9 Å². The number of rotatable bonds is 14. The van der Waals surface area contributed by atoms with Gasteiger partial charge in [-0.25, -0.2) is 4.79 Å². The molecule has 1 fully saturated rings. The lowest BCUT2D eigenvalue weighted by molar-refractivity contribution is -0.145. The second-order valence-corrected chi connectivity index (χ2v) is 9.70. The van der Waals surface area contributed by atoms with Gasteiger partial charge in [0, 0.05) is 19.5 Å². The van der Waals surface area contributed by atoms with E-state index in [0.717, 1.165) is 5.56 Å². The largest absolute Gasteiger partial charge is 0.480 e. The molecule has 1 aliphatic heterocycles. The average Bonchev–Trinajstić information content (AvgIpc) is 3.39. The van der Waals surface area contributed by atoms with Gasteiger partial charge >= 0.3 is 5.97 Å². The lowest BCUT2D eigenvalue weighted by atomic mass is 9.98. The third kappa shape index (κ3) is 9.02. The number of likely N-dealkylation sites (tertiary alicyclic amines) is 1. The summed E-state index contributed by atoms with van der Waals surface area (Å²) in [5.74, 6) is -2.74. The first kappa shape index (κ1) is 30.6. The predicted molar refractivity (Wildman–Crippen MR) is 144 cm³/mol. The van der Waals surface area contributed by atoms with Gasteiger partial charge < -0.3 is 37.8 Å². The van der Waals surface area contributed by atoms with Crippen LogP contribution in [0.2, 0.25) is 0 Å². The first-order valence-electron chi connectivity index (χ1n) is 13.0. The maximum Gasteiger partial charge on any atom is 0.326 e. The SMILES string of the molecule is CCC(C)C(N)C(=O)NC(Cc1ccccc1)C(=O)N1CCCC1C(=O)NC(CCCN=C(N)N)C(=O)O. The van der Waals surface area contributed by atoms with Crippen molar-refractivity contribution >= 4 is 29.7 Å². The summed E-state index contributed by atoms with van der Waals surface area (Å²) in [6.07, 6.45) is 2.37. The molecule has 210 valence electrons. The molecule has 0 bridgehead atoms. The van der Waals surface area contributed by atoms with Crippen molar-refractivity contribution in [1.82, 2.24) is 15.5 Å². The molecule has 1 aromatic rings. The standard InChI is InChI=1S/C26H41N7O5/c1-3-16(2)21(27)23(35)32-19(15-17-9-5-4-6-10-17)24(36)33-14-8-12-20(33)22(34)31-18(25(37)38)11-7-13-30-26(28)29/h4-6,9-10,16,18-21H,3,7-8,11-15,27H2,1-2H3,(H,31,34)(H,32,35)(H,37,38)(H4,28,29,30). The molecule has 0 radical (unpaired) electrons. The summed E-state index contributed by atoms with van der Waals surface area (Å²) in [6.45, 7) is 4.35. The molecule has 0 spiro atoms. The molecular formula is C26H41N7O5. The summed E-state index contributed by atoms with van der Waals surface area (Å²) in [4.78, 5) is 56.7. The molecule has 0 aliphatic carbocycles. The molecule has 0 saturated carbocycles. The van der Waals surface area contributed by atoms with Crippen molar-refractivity contribution in [1.29, 1.82) is 0 Å². The normalized spacial score (nSPS) is 18.1. The third-order valence-corrected chi connectivity index (χ3v) is 6.86. The molecule has 12 heteroatoms. The van der Waals surface area contributed by atoms with Crippen molar-refractivity contribution in [2.45, 2.75) is 76.5 Å². The monoisotopic (exact) mass is 531 g/mol. The molecule has 1 aliphatic rings. The average molecular weight is 532 g/mol. The highest BCUT2D eigenvalue weighted by Crippen LogP contribution is 2.20. The van der Waals surface area contributed by atoms with Crippen LogP contribution >= 0.6 is 0 Å². The van der Waals surface area contributed by atoms with Crippen LogP contribution in [0.5, 0.6) is 0 Å². The zero-order valence-corrected chi connectivity index (χ0v) is 22.1. The number of carbonyl (C=O) groups excluding carboxylic acids is 3. The summed E-state index contributed by atoms with van der Waals surface area (Å²) in [5.41, 5.74) is 17.5. The van der Waals surface area contributed by atoms with Gasteiger partial charge in [-0.15, -0.1) is 0 Å². The van der Waals surface area contributed by atoms with Gasteiger partial charge in [0.1, 0.15) is 18.1 Å². The Balaban J connectivity index is 2.16. The summed E-state index contributed by atoms with van der Waals surface area (Å²) >= 11 is 0. The Morgan fingerprint density at radius 1 is 1.13 bits per heavy atom. The Labute approximate surface area is 223 Å². The van der Waals surface area contributed by atoms with Crippen LogP contribution in [0.15, 0.2) is 35.3 Å². The first-order chi connectivity index (χ1) is 18.0. The minimum Gasteiger partial charge on any atom is -0.480 e. The second kappa shape index (κ2) is 14.9. The number of carboxylic acid groups (broad SMARTS) is 1. The van der Waals surface area contributed by atoms with E-state index in [9.17, 15) is 24.3 Å². The Bertz CT molecular complexity index is 983. The molecule has 1 heterocycles. The van der Waals surface area contributed by atoms with E-state index in [-0.39, 0.29) is 31.3 Å². The number of carboxylic acids is 1. The molecule has 1 aromatic carbocycles. The zero-order chi connectivity index (χ0) is 28.2. The van der Waals surface area contributed by atoms with Gasteiger partial charge in [-0.05, 0) is 37.2 Å². The van der Waals surface area contributed by atoms with Gasteiger partial charge in [-0.2, -0.15) is 0 Å². The second-order valence-electron chi connectivity index (χ2n) is 9.70. The van der Waals surface area contributed by atoms with E-state index in [1.807, 2.05) is 44.2 Å². The van der Waals surface area contributed by atoms with E-state index in [2.05, 4.69) is 15.6 Å². The maximum absolute atomic E-state index is 13.7. The number of nitrogens with zero attached hydrogens (tertiary/aromatic N) is 2. The van der Waals surface area contributed by atoms with Gasteiger partial charge in [-0.1, -0.05) is 50.6 Å². The molecule has 5 atom stereocenters. The van der Waals surface area contributed by atoms with Gasteiger partial charge in [0.15, 0.2) is 5.96 Å². The number of aliphatic carboxylic acids is 1. The van der Waals surface area contributed by atoms with E-state index in [4.69, 9.17) is 17.2 Å². The minimum absolute atomic E-state index is 0.0762. The van der Waals surface area contributed by atoms with Crippen LogP contribution in [-0.4, -0.2) is 76.9 Å². The number of nitrogens with two attached hydrogens (primary N) is 3. The van der Waals surface area contributed by atoms with Gasteiger partial charge in [0.25, 0.3) is 0 Å². The lowest BCUT2D eigenvalue weighted by Crippen LogP contribution is -2.58. The number of hydrogen-bond acceptors (Lipinski definition) is 6. The number of aliphatic imine (C=N–C) groups is 1. The highest BCUT2D eigenvalue weighted by atomic mass is 16.4. The molecule has 2 rings (SSSR count). The fourth-order valence-electron chi connectivity index (χ4n) is 4.36. The topological polar surface area (TPSA) is 206 Å². The van der Waals surface area contributed by atoms with Gasteiger partial charge in [0.05, 0.1) is 6.04 Å². The van der Waals surface area contributed by atoms with Crippen molar-refractivity contribution in [3.05, 3.63) is 35.9 Å². The quantitative estimate of drug-likeness (QED) is 0.106. The van der Waals surface area contributed by atoms with Crippen molar-refractivity contribution in [3.63, 3.8) is 0 Å². The Kier molecular flexibility index (Phi) is 12.0. The first-order valence-corrected chi connectivity index (χ1v) is 13.0. The number of benzene rings is 1. The van der Waals surface area contributed by atoms with Crippen LogP contribution in [0.1, 0.15) is 51.5 Å². The highest BCUT2D eigenvalue weighted by molar-refractivity contribution is 5.94. The summed E-state index contributed by atoms with van der Waals surface area (Å²) < 4.78 is 0. The van der Waals surface area contributed by atoms with Crippen molar-refractivity contribution < 1.29 is 24.3 Å². The number of hydrogen-bond donors (Lipinski definition) is 6. The smallest absolute Gasteiger partial charge is 0.326 e. The number of carbonyl (C=O) groups is 4. The molecule has 3 amide bonds.